The van der Waals surface area contributed by atoms with Crippen molar-refractivity contribution in [3.63, 3.8) is 0 Å². The summed E-state index contributed by atoms with van der Waals surface area (Å²) in [6, 6.07) is 7.72. The molecule has 2 aromatic rings. The van der Waals surface area contributed by atoms with Crippen LogP contribution >= 0.6 is 0 Å². The van der Waals surface area contributed by atoms with Gasteiger partial charge in [-0.25, -0.2) is 18.1 Å². The van der Waals surface area contributed by atoms with Crippen molar-refractivity contribution >= 4 is 15.8 Å². The molecule has 1 aliphatic heterocycles. The number of aromatic nitrogens is 1. The fourth-order valence-corrected chi connectivity index (χ4v) is 5.34. The van der Waals surface area contributed by atoms with Gasteiger partial charge in [-0.05, 0) is 68.5 Å². The van der Waals surface area contributed by atoms with E-state index in [1.807, 2.05) is 52.0 Å². The Balaban J connectivity index is 1.82. The summed E-state index contributed by atoms with van der Waals surface area (Å²) in [5, 5.41) is 0. The fraction of sp³-hybridized carbons (Fsp3) is 0.421. The summed E-state index contributed by atoms with van der Waals surface area (Å²) in [5.74, 6) is 0.892. The predicted octanol–water partition coefficient (Wildman–Crippen LogP) is 2.87. The predicted molar refractivity (Wildman–Crippen MR) is 101 cm³/mol. The first-order valence-corrected chi connectivity index (χ1v) is 10.0. The van der Waals surface area contributed by atoms with Gasteiger partial charge in [0, 0.05) is 25.3 Å². The highest BCUT2D eigenvalue weighted by Gasteiger charge is 2.30. The number of aryl methyl sites for hydroxylation is 2. The van der Waals surface area contributed by atoms with E-state index in [9.17, 15) is 8.42 Å². The molecule has 1 aromatic carbocycles. The van der Waals surface area contributed by atoms with Crippen LogP contribution in [0.15, 0.2) is 35.4 Å². The molecule has 0 unspecified atom stereocenters. The second kappa shape index (κ2) is 6.77. The fourth-order valence-electron chi connectivity index (χ4n) is 3.47. The van der Waals surface area contributed by atoms with Gasteiger partial charge in [0.1, 0.15) is 5.82 Å². The molecule has 1 saturated heterocycles. The van der Waals surface area contributed by atoms with Crippen LogP contribution in [-0.2, 0) is 10.0 Å². The summed E-state index contributed by atoms with van der Waals surface area (Å²) in [5.41, 5.74) is 3.67. The Morgan fingerprint density at radius 2 is 1.80 bits per heavy atom. The number of sulfonamides is 1. The van der Waals surface area contributed by atoms with Crippen molar-refractivity contribution in [3.8, 4) is 0 Å². The molecule has 1 fully saturated rings. The van der Waals surface area contributed by atoms with Gasteiger partial charge in [-0.2, -0.15) is 0 Å². The van der Waals surface area contributed by atoms with Gasteiger partial charge in [0.25, 0.3) is 0 Å². The minimum Gasteiger partial charge on any atom is -0.355 e. The highest BCUT2D eigenvalue weighted by molar-refractivity contribution is 7.89. The zero-order valence-corrected chi connectivity index (χ0v) is 16.0. The Morgan fingerprint density at radius 1 is 1.12 bits per heavy atom. The van der Waals surface area contributed by atoms with E-state index >= 15 is 0 Å². The summed E-state index contributed by atoms with van der Waals surface area (Å²) in [6.45, 7) is 9.11. The van der Waals surface area contributed by atoms with Gasteiger partial charge in [0.2, 0.25) is 10.0 Å². The van der Waals surface area contributed by atoms with Crippen LogP contribution in [0, 0.1) is 27.7 Å². The first-order chi connectivity index (χ1) is 11.8. The Bertz CT molecular complexity index is 853. The Kier molecular flexibility index (Phi) is 4.84. The SMILES string of the molecule is Cc1cc(C)c(C)c(S(=O)(=O)N[C@@H]2CCN(c3ccccn3)C2)c1C. The van der Waals surface area contributed by atoms with Crippen molar-refractivity contribution < 1.29 is 8.42 Å². The van der Waals surface area contributed by atoms with Crippen molar-refractivity contribution in [1.29, 1.82) is 0 Å². The molecule has 0 bridgehead atoms. The molecule has 25 heavy (non-hydrogen) atoms. The monoisotopic (exact) mass is 359 g/mol. The maximum Gasteiger partial charge on any atom is 0.241 e. The van der Waals surface area contributed by atoms with Crippen LogP contribution in [0.3, 0.4) is 0 Å². The third kappa shape index (κ3) is 3.55. The average Bonchev–Trinajstić information content (AvgIpc) is 3.01. The van der Waals surface area contributed by atoms with Crippen molar-refractivity contribution in [1.82, 2.24) is 9.71 Å². The summed E-state index contributed by atoms with van der Waals surface area (Å²) >= 11 is 0. The number of hydrogen-bond acceptors (Lipinski definition) is 4. The van der Waals surface area contributed by atoms with Crippen LogP contribution < -0.4 is 9.62 Å². The number of rotatable bonds is 4. The topological polar surface area (TPSA) is 62.3 Å². The average molecular weight is 359 g/mol. The van der Waals surface area contributed by atoms with Crippen molar-refractivity contribution in [2.24, 2.45) is 0 Å². The first-order valence-electron chi connectivity index (χ1n) is 8.55. The normalized spacial score (nSPS) is 17.9. The van der Waals surface area contributed by atoms with Gasteiger partial charge in [-0.3, -0.25) is 0 Å². The molecule has 0 spiro atoms. The van der Waals surface area contributed by atoms with Crippen LogP contribution in [0.4, 0.5) is 5.82 Å². The zero-order chi connectivity index (χ0) is 18.2. The molecule has 5 nitrogen and oxygen atoms in total. The third-order valence-electron chi connectivity index (χ3n) is 5.05. The van der Waals surface area contributed by atoms with Crippen LogP contribution in [0.5, 0.6) is 0 Å². The second-order valence-corrected chi connectivity index (χ2v) is 8.48. The molecule has 1 N–H and O–H groups in total. The van der Waals surface area contributed by atoms with E-state index in [0.717, 1.165) is 41.0 Å². The molecule has 6 heteroatoms. The molecule has 0 radical (unpaired) electrons. The van der Waals surface area contributed by atoms with E-state index in [4.69, 9.17) is 0 Å². The number of nitrogens with zero attached hydrogens (tertiary/aromatic N) is 2. The van der Waals surface area contributed by atoms with Crippen LogP contribution in [0.1, 0.15) is 28.7 Å². The van der Waals surface area contributed by atoms with Gasteiger partial charge in [-0.1, -0.05) is 12.1 Å². The lowest BCUT2D eigenvalue weighted by Crippen LogP contribution is -2.38. The lowest BCUT2D eigenvalue weighted by atomic mass is 10.0. The molecule has 2 heterocycles. The molecule has 3 rings (SSSR count). The number of anilines is 1. The molecule has 134 valence electrons. The standard InChI is InChI=1S/C19H25N3O2S/c1-13-11-14(2)16(4)19(15(13)3)25(23,24)21-17-8-10-22(12-17)18-7-5-6-9-20-18/h5-7,9,11,17,21H,8,10,12H2,1-4H3/t17-/m1/s1. The van der Waals surface area contributed by atoms with Crippen LogP contribution in [0.2, 0.25) is 0 Å². The highest BCUT2D eigenvalue weighted by atomic mass is 32.2. The van der Waals surface area contributed by atoms with Gasteiger partial charge < -0.3 is 4.90 Å². The quantitative estimate of drug-likeness (QED) is 0.912. The minimum absolute atomic E-state index is 0.105. The van der Waals surface area contributed by atoms with E-state index in [2.05, 4.69) is 14.6 Å². The number of pyridine rings is 1. The Morgan fingerprint density at radius 3 is 2.40 bits per heavy atom. The lowest BCUT2D eigenvalue weighted by molar-refractivity contribution is 0.560. The number of benzene rings is 1. The first kappa shape index (κ1) is 17.9. The van der Waals surface area contributed by atoms with Crippen molar-refractivity contribution in [3.05, 3.63) is 52.7 Å². The third-order valence-corrected chi connectivity index (χ3v) is 6.84. The molecule has 0 amide bonds. The summed E-state index contributed by atoms with van der Waals surface area (Å²) < 4.78 is 29.0. The maximum atomic E-state index is 13.0. The van der Waals surface area contributed by atoms with E-state index < -0.39 is 10.0 Å². The van der Waals surface area contributed by atoms with Crippen LogP contribution in [0.25, 0.3) is 0 Å². The molecule has 0 saturated carbocycles. The van der Waals surface area contributed by atoms with Gasteiger partial charge in [0.15, 0.2) is 0 Å². The number of nitrogens with one attached hydrogen (secondary N) is 1. The molecule has 1 atom stereocenters. The number of hydrogen-bond donors (Lipinski definition) is 1. The van der Waals surface area contributed by atoms with Crippen molar-refractivity contribution in [2.75, 3.05) is 18.0 Å². The van der Waals surface area contributed by atoms with E-state index in [1.54, 1.807) is 6.20 Å². The summed E-state index contributed by atoms with van der Waals surface area (Å²) in [4.78, 5) is 6.90. The Labute approximate surface area is 150 Å². The van der Waals surface area contributed by atoms with Gasteiger partial charge in [0.05, 0.1) is 4.90 Å². The molecular weight excluding hydrogens is 334 g/mol. The molecule has 1 aliphatic rings. The largest absolute Gasteiger partial charge is 0.355 e. The highest BCUT2D eigenvalue weighted by Crippen LogP contribution is 2.27. The van der Waals surface area contributed by atoms with E-state index in [1.165, 1.54) is 0 Å². The Hall–Kier alpha value is -1.92. The van der Waals surface area contributed by atoms with Crippen molar-refractivity contribution in [2.45, 2.75) is 45.1 Å². The lowest BCUT2D eigenvalue weighted by Gasteiger charge is -2.20. The molecular formula is C19H25N3O2S. The van der Waals surface area contributed by atoms with Gasteiger partial charge in [-0.15, -0.1) is 0 Å². The van der Waals surface area contributed by atoms with Gasteiger partial charge >= 0.3 is 0 Å². The summed E-state index contributed by atoms with van der Waals surface area (Å²) in [6.07, 6.45) is 2.54. The molecule has 1 aromatic heterocycles. The molecule has 0 aliphatic carbocycles. The van der Waals surface area contributed by atoms with E-state index in [-0.39, 0.29) is 6.04 Å². The maximum absolute atomic E-state index is 13.0. The van der Waals surface area contributed by atoms with Crippen LogP contribution in [-0.4, -0.2) is 32.5 Å². The van der Waals surface area contributed by atoms with E-state index in [0.29, 0.717) is 11.4 Å². The minimum atomic E-state index is -3.55. The summed E-state index contributed by atoms with van der Waals surface area (Å²) in [7, 11) is -3.55. The second-order valence-electron chi connectivity index (χ2n) is 6.83. The zero-order valence-electron chi connectivity index (χ0n) is 15.2. The smallest absolute Gasteiger partial charge is 0.241 e.